The topological polar surface area (TPSA) is 49.9 Å². The van der Waals surface area contributed by atoms with Crippen molar-refractivity contribution in [3.05, 3.63) is 180 Å². The highest BCUT2D eigenvalue weighted by atomic mass is 16.3. The first-order chi connectivity index (χ1) is 23.2. The summed E-state index contributed by atoms with van der Waals surface area (Å²) in [7, 11) is 0. The van der Waals surface area contributed by atoms with Crippen molar-refractivity contribution >= 4 is 44.4 Å². The number of benzene rings is 7. The number of nitrogens with one attached hydrogen (secondary N) is 1. The molecule has 2 heterocycles. The Kier molecular flexibility index (Phi) is 6.50. The summed E-state index contributed by atoms with van der Waals surface area (Å²) in [5.41, 5.74) is 9.45. The van der Waals surface area contributed by atoms with E-state index in [1.807, 2.05) is 36.4 Å². The minimum atomic E-state index is -0.238. The normalized spacial score (nSPS) is 14.6. The molecule has 9 rings (SSSR count). The molecular formula is C43H29N3O. The zero-order valence-electron chi connectivity index (χ0n) is 25.5. The van der Waals surface area contributed by atoms with Crippen LogP contribution in [0, 0.1) is 0 Å². The van der Waals surface area contributed by atoms with Crippen LogP contribution in [0.3, 0.4) is 0 Å². The molecular weight excluding hydrogens is 574 g/mol. The van der Waals surface area contributed by atoms with Crippen LogP contribution in [-0.2, 0) is 0 Å². The predicted molar refractivity (Wildman–Crippen MR) is 194 cm³/mol. The fraction of sp³-hybridized carbons (Fsp3) is 0.0233. The smallest absolute Gasteiger partial charge is 0.159 e. The fourth-order valence-electron chi connectivity index (χ4n) is 6.49. The minimum absolute atomic E-state index is 0.238. The molecule has 1 aliphatic heterocycles. The van der Waals surface area contributed by atoms with Gasteiger partial charge in [-0.15, -0.1) is 0 Å². The molecule has 8 aromatic rings. The molecule has 222 valence electrons. The lowest BCUT2D eigenvalue weighted by atomic mass is 9.96. The van der Waals surface area contributed by atoms with E-state index in [4.69, 9.17) is 14.4 Å². The Bertz CT molecular complexity index is 2490. The lowest BCUT2D eigenvalue weighted by Gasteiger charge is -2.23. The van der Waals surface area contributed by atoms with Gasteiger partial charge >= 0.3 is 0 Å². The lowest BCUT2D eigenvalue weighted by molar-refractivity contribution is 0.669. The minimum Gasteiger partial charge on any atom is -0.456 e. The van der Waals surface area contributed by atoms with Crippen LogP contribution in [0.2, 0.25) is 0 Å². The molecule has 0 saturated heterocycles. The van der Waals surface area contributed by atoms with Crippen LogP contribution in [-0.4, -0.2) is 11.7 Å². The molecule has 1 atom stereocenters. The molecule has 1 aromatic heterocycles. The second-order valence-electron chi connectivity index (χ2n) is 11.9. The number of aliphatic imine (C=N–C) groups is 2. The summed E-state index contributed by atoms with van der Waals surface area (Å²) in [5, 5.41) is 8.20. The van der Waals surface area contributed by atoms with E-state index in [1.165, 1.54) is 10.8 Å². The Balaban J connectivity index is 1.09. The number of amidine groups is 2. The van der Waals surface area contributed by atoms with Crippen molar-refractivity contribution in [1.82, 2.24) is 5.32 Å². The number of rotatable bonds is 5. The van der Waals surface area contributed by atoms with E-state index in [2.05, 4.69) is 133 Å². The zero-order chi connectivity index (χ0) is 31.2. The maximum atomic E-state index is 6.26. The summed E-state index contributed by atoms with van der Waals surface area (Å²) >= 11 is 0. The van der Waals surface area contributed by atoms with E-state index >= 15 is 0 Å². The molecule has 0 bridgehead atoms. The van der Waals surface area contributed by atoms with Crippen molar-refractivity contribution in [3.63, 3.8) is 0 Å². The molecule has 0 fully saturated rings. The van der Waals surface area contributed by atoms with Crippen LogP contribution in [0.25, 0.3) is 55.0 Å². The average molecular weight is 604 g/mol. The summed E-state index contributed by atoms with van der Waals surface area (Å²) in [6, 6.07) is 57.1. The zero-order valence-corrected chi connectivity index (χ0v) is 25.5. The highest BCUT2D eigenvalue weighted by molar-refractivity contribution is 6.13. The standard InChI is InChI=1S/C43H29N3O/c1-3-11-28(12-4-1)41-44-42(29-13-5-2-6-14-29)46-43(45-41)36-20-10-19-32(24-36)30-17-9-18-31(23-30)35-21-22-39-37(26-35)38-25-33-15-7-8-16-34(33)27-40(38)47-39/h1-27,41H,(H,44,45,46). The van der Waals surface area contributed by atoms with Crippen LogP contribution >= 0.6 is 0 Å². The van der Waals surface area contributed by atoms with Gasteiger partial charge in [-0.1, -0.05) is 127 Å². The van der Waals surface area contributed by atoms with E-state index in [9.17, 15) is 0 Å². The Labute approximate surface area is 272 Å². The van der Waals surface area contributed by atoms with Crippen molar-refractivity contribution in [2.45, 2.75) is 6.17 Å². The van der Waals surface area contributed by atoms with E-state index in [-0.39, 0.29) is 6.17 Å². The summed E-state index contributed by atoms with van der Waals surface area (Å²) in [6.45, 7) is 0. The predicted octanol–water partition coefficient (Wildman–Crippen LogP) is 10.6. The summed E-state index contributed by atoms with van der Waals surface area (Å²) < 4.78 is 6.26. The number of hydrogen-bond donors (Lipinski definition) is 1. The van der Waals surface area contributed by atoms with Gasteiger partial charge < -0.3 is 9.73 Å². The number of fused-ring (bicyclic) bond motifs is 4. The summed E-state index contributed by atoms with van der Waals surface area (Å²) in [5.74, 6) is 1.52. The molecule has 0 aliphatic carbocycles. The molecule has 1 unspecified atom stereocenters. The molecule has 4 nitrogen and oxygen atoms in total. The third-order valence-corrected chi connectivity index (χ3v) is 8.89. The first kappa shape index (κ1) is 27.1. The number of furan rings is 1. The SMILES string of the molecule is c1ccc(C2=NC(c3cccc(-c4cccc(-c5ccc6oc7cc8ccccc8cc7c6c5)c4)c3)=NC(c3ccccc3)N2)cc1. The molecule has 0 radical (unpaired) electrons. The third kappa shape index (κ3) is 5.06. The molecule has 7 aromatic carbocycles. The van der Waals surface area contributed by atoms with Gasteiger partial charge in [0.1, 0.15) is 23.2 Å². The van der Waals surface area contributed by atoms with Crippen molar-refractivity contribution in [3.8, 4) is 22.3 Å². The van der Waals surface area contributed by atoms with E-state index in [1.54, 1.807) is 0 Å². The Hall–Kier alpha value is -6.26. The van der Waals surface area contributed by atoms with Crippen molar-refractivity contribution in [2.24, 2.45) is 9.98 Å². The summed E-state index contributed by atoms with van der Waals surface area (Å²) in [6.07, 6.45) is -0.238. The Morgan fingerprint density at radius 1 is 0.447 bits per heavy atom. The van der Waals surface area contributed by atoms with Gasteiger partial charge in [0.2, 0.25) is 0 Å². The second-order valence-corrected chi connectivity index (χ2v) is 11.9. The van der Waals surface area contributed by atoms with Crippen molar-refractivity contribution < 1.29 is 4.42 Å². The van der Waals surface area contributed by atoms with Gasteiger partial charge in [0.15, 0.2) is 5.84 Å². The first-order valence-electron chi connectivity index (χ1n) is 15.8. The largest absolute Gasteiger partial charge is 0.456 e. The van der Waals surface area contributed by atoms with E-state index in [0.717, 1.165) is 66.7 Å². The quantitative estimate of drug-likeness (QED) is 0.213. The molecule has 1 aliphatic rings. The fourth-order valence-corrected chi connectivity index (χ4v) is 6.49. The van der Waals surface area contributed by atoms with Gasteiger partial charge in [-0.05, 0) is 75.0 Å². The molecule has 4 heteroatoms. The molecule has 47 heavy (non-hydrogen) atoms. The maximum Gasteiger partial charge on any atom is 0.159 e. The van der Waals surface area contributed by atoms with Crippen LogP contribution in [0.5, 0.6) is 0 Å². The van der Waals surface area contributed by atoms with E-state index in [0.29, 0.717) is 5.84 Å². The Morgan fingerprint density at radius 3 is 1.77 bits per heavy atom. The van der Waals surface area contributed by atoms with Gasteiger partial charge in [-0.2, -0.15) is 0 Å². The van der Waals surface area contributed by atoms with Crippen LogP contribution in [0.15, 0.2) is 178 Å². The van der Waals surface area contributed by atoms with Crippen molar-refractivity contribution in [2.75, 3.05) is 0 Å². The summed E-state index contributed by atoms with van der Waals surface area (Å²) in [4.78, 5) is 10.1. The molecule has 0 spiro atoms. The van der Waals surface area contributed by atoms with Gasteiger partial charge in [0.25, 0.3) is 0 Å². The van der Waals surface area contributed by atoms with Crippen LogP contribution in [0.1, 0.15) is 22.9 Å². The van der Waals surface area contributed by atoms with Gasteiger partial charge in [-0.3, -0.25) is 0 Å². The van der Waals surface area contributed by atoms with Crippen LogP contribution < -0.4 is 5.32 Å². The van der Waals surface area contributed by atoms with Gasteiger partial charge in [0, 0.05) is 21.9 Å². The van der Waals surface area contributed by atoms with Gasteiger partial charge in [0.05, 0.1) is 0 Å². The van der Waals surface area contributed by atoms with Gasteiger partial charge in [-0.25, -0.2) is 9.98 Å². The first-order valence-corrected chi connectivity index (χ1v) is 15.8. The van der Waals surface area contributed by atoms with Crippen molar-refractivity contribution in [1.29, 1.82) is 0 Å². The lowest BCUT2D eigenvalue weighted by Crippen LogP contribution is -2.33. The number of nitrogens with zero attached hydrogens (tertiary/aromatic N) is 2. The molecule has 0 amide bonds. The monoisotopic (exact) mass is 603 g/mol. The maximum absolute atomic E-state index is 6.26. The average Bonchev–Trinajstić information content (AvgIpc) is 3.51. The third-order valence-electron chi connectivity index (χ3n) is 8.89. The highest BCUT2D eigenvalue weighted by Crippen LogP contribution is 2.36. The Morgan fingerprint density at radius 2 is 1.02 bits per heavy atom. The van der Waals surface area contributed by atoms with Crippen LogP contribution in [0.4, 0.5) is 0 Å². The van der Waals surface area contributed by atoms with E-state index < -0.39 is 0 Å². The number of hydrogen-bond acceptors (Lipinski definition) is 4. The highest BCUT2D eigenvalue weighted by Gasteiger charge is 2.21. The molecule has 0 saturated carbocycles. The molecule has 1 N–H and O–H groups in total. The second kappa shape index (κ2) is 11.3.